The highest BCUT2D eigenvalue weighted by molar-refractivity contribution is 8.77. The Morgan fingerprint density at radius 1 is 1.31 bits per heavy atom. The maximum Gasteiger partial charge on any atom is 0.508 e. The Morgan fingerprint density at radius 2 is 2.03 bits per heavy atom. The first-order valence-electron chi connectivity index (χ1n) is 11.4. The molecule has 0 aliphatic heterocycles. The lowest BCUT2D eigenvalue weighted by molar-refractivity contribution is -0.385. The van der Waals surface area contributed by atoms with Crippen LogP contribution in [0.2, 0.25) is 13.6 Å². The normalized spacial score (nSPS) is 12.9. The molecule has 1 rings (SSSR count). The number of hydrogen-bond acceptors (Lipinski definition) is 12. The largest absolute Gasteiger partial charge is 0.508 e. The number of carbonyl (C=O) groups excluding carboxylic acids is 2. The van der Waals surface area contributed by atoms with Crippen molar-refractivity contribution < 1.29 is 38.9 Å². The van der Waals surface area contributed by atoms with E-state index in [2.05, 4.69) is 24.1 Å². The van der Waals surface area contributed by atoms with Crippen LogP contribution in [0.4, 0.5) is 10.5 Å². The number of ether oxygens (including phenoxy) is 3. The van der Waals surface area contributed by atoms with Crippen LogP contribution in [0.1, 0.15) is 33.1 Å². The van der Waals surface area contributed by atoms with Crippen molar-refractivity contribution in [2.45, 2.75) is 68.8 Å². The van der Waals surface area contributed by atoms with Gasteiger partial charge in [0.15, 0.2) is 13.0 Å². The highest BCUT2D eigenvalue weighted by Crippen LogP contribution is 2.42. The second-order valence-electron chi connectivity index (χ2n) is 8.71. The summed E-state index contributed by atoms with van der Waals surface area (Å²) in [6.45, 7) is 7.27. The van der Waals surface area contributed by atoms with E-state index in [0.29, 0.717) is 11.6 Å². The topological polar surface area (TPSA) is 170 Å². The van der Waals surface area contributed by atoms with E-state index >= 15 is 0 Å². The first-order chi connectivity index (χ1) is 16.9. The van der Waals surface area contributed by atoms with E-state index in [4.69, 9.17) is 19.3 Å². The van der Waals surface area contributed by atoms with Gasteiger partial charge >= 0.3 is 6.16 Å². The summed E-state index contributed by atoms with van der Waals surface area (Å²) in [5, 5.41) is 33.0. The summed E-state index contributed by atoms with van der Waals surface area (Å²) < 4.78 is 14.6. The van der Waals surface area contributed by atoms with Crippen molar-refractivity contribution >= 4 is 46.1 Å². The van der Waals surface area contributed by atoms with Crippen molar-refractivity contribution in [2.24, 2.45) is 0 Å². The summed E-state index contributed by atoms with van der Waals surface area (Å²) in [6, 6.07) is 2.44. The van der Waals surface area contributed by atoms with E-state index in [1.54, 1.807) is 16.9 Å². The maximum atomic E-state index is 11.9. The van der Waals surface area contributed by atoms with Gasteiger partial charge in [0.25, 0.3) is 5.69 Å². The Balaban J connectivity index is 2.15. The van der Waals surface area contributed by atoms with E-state index in [0.717, 1.165) is 12.8 Å². The van der Waals surface area contributed by atoms with Crippen molar-refractivity contribution in [3.8, 4) is 0 Å². The van der Waals surface area contributed by atoms with Crippen molar-refractivity contribution in [1.29, 1.82) is 0 Å². The molecule has 0 saturated carbocycles. The van der Waals surface area contributed by atoms with E-state index in [1.165, 1.54) is 23.1 Å². The van der Waals surface area contributed by atoms with Gasteiger partial charge in [-0.05, 0) is 43.5 Å². The van der Waals surface area contributed by atoms with E-state index in [-0.39, 0.29) is 42.7 Å². The molecule has 0 aliphatic rings. The quantitative estimate of drug-likeness (QED) is 0.0496. The molecule has 0 aromatic carbocycles. The number of aliphatic hydroxyl groups excluding tert-OH is 2. The molecule has 1 heterocycles. The van der Waals surface area contributed by atoms with Gasteiger partial charge in [0.05, 0.1) is 24.0 Å². The molecule has 0 fully saturated rings. The van der Waals surface area contributed by atoms with Crippen LogP contribution in [0.15, 0.2) is 23.4 Å². The molecule has 36 heavy (non-hydrogen) atoms. The SMILES string of the molecule is CB(C)C(CO)OC(O)COC(=O)OCCC(=O)NCCCC(C)(C)SSc1ccc([N+](=O)[O-])cn1. The molecule has 3 N–H and O–H groups in total. The molecule has 2 atom stereocenters. The van der Waals surface area contributed by atoms with Crippen LogP contribution < -0.4 is 5.32 Å². The number of amides is 1. The van der Waals surface area contributed by atoms with Crippen LogP contribution in [-0.2, 0) is 19.0 Å². The number of aromatic nitrogens is 1. The van der Waals surface area contributed by atoms with Crippen LogP contribution >= 0.6 is 21.6 Å². The Hall–Kier alpha value is -2.07. The molecule has 12 nitrogen and oxygen atoms in total. The van der Waals surface area contributed by atoms with Crippen molar-refractivity contribution in [2.75, 3.05) is 26.4 Å². The lowest BCUT2D eigenvalue weighted by Gasteiger charge is -2.22. The van der Waals surface area contributed by atoms with E-state index in [9.17, 15) is 24.8 Å². The zero-order valence-electron chi connectivity index (χ0n) is 20.9. The molecular formula is C21H34BN3O9S2. The minimum absolute atomic E-state index is 0.0291. The second-order valence-corrected chi connectivity index (χ2v) is 11.6. The van der Waals surface area contributed by atoms with Gasteiger partial charge in [-0.2, -0.15) is 0 Å². The molecule has 1 aromatic rings. The number of rotatable bonds is 17. The molecule has 0 radical (unpaired) electrons. The fourth-order valence-corrected chi connectivity index (χ4v) is 4.85. The number of pyridine rings is 1. The van der Waals surface area contributed by atoms with Gasteiger partial charge in [0.1, 0.15) is 24.4 Å². The Kier molecular flexibility index (Phi) is 14.8. The van der Waals surface area contributed by atoms with Crippen molar-refractivity contribution in [3.63, 3.8) is 0 Å². The smallest absolute Gasteiger partial charge is 0.434 e. The molecule has 15 heteroatoms. The highest BCUT2D eigenvalue weighted by atomic mass is 33.1. The molecule has 202 valence electrons. The minimum Gasteiger partial charge on any atom is -0.434 e. The molecular weight excluding hydrogens is 513 g/mol. The van der Waals surface area contributed by atoms with Crippen molar-refractivity contribution in [1.82, 2.24) is 10.3 Å². The summed E-state index contributed by atoms with van der Waals surface area (Å²) in [7, 11) is 3.03. The van der Waals surface area contributed by atoms with Gasteiger partial charge in [-0.3, -0.25) is 14.9 Å². The number of nitrogens with zero attached hydrogens (tertiary/aromatic N) is 2. The Labute approximate surface area is 218 Å². The fourth-order valence-electron chi connectivity index (χ4n) is 2.62. The number of carbonyl (C=O) groups is 2. The average Bonchev–Trinajstić information content (AvgIpc) is 2.82. The average molecular weight is 547 g/mol. The number of nitrogens with one attached hydrogen (secondary N) is 1. The predicted octanol–water partition coefficient (Wildman–Crippen LogP) is 2.94. The summed E-state index contributed by atoms with van der Waals surface area (Å²) in [5.74, 6) is -0.274. The third kappa shape index (κ3) is 13.9. The van der Waals surface area contributed by atoms with Crippen LogP contribution in [0.25, 0.3) is 0 Å². The van der Waals surface area contributed by atoms with E-state index in [1.807, 2.05) is 13.6 Å². The maximum absolute atomic E-state index is 11.9. The summed E-state index contributed by atoms with van der Waals surface area (Å²) in [4.78, 5) is 37.8. The van der Waals surface area contributed by atoms with Gasteiger partial charge in [0.2, 0.25) is 5.91 Å². The van der Waals surface area contributed by atoms with E-state index < -0.39 is 30.0 Å². The molecule has 0 spiro atoms. The number of nitro groups is 1. The van der Waals surface area contributed by atoms with Gasteiger partial charge in [-0.1, -0.05) is 24.4 Å². The molecule has 1 amide bonds. The number of hydrogen-bond donors (Lipinski definition) is 3. The Morgan fingerprint density at radius 3 is 2.61 bits per heavy atom. The summed E-state index contributed by atoms with van der Waals surface area (Å²) in [5.41, 5.74) is -0.0518. The first-order valence-corrected chi connectivity index (χ1v) is 13.5. The predicted molar refractivity (Wildman–Crippen MR) is 138 cm³/mol. The standard InChI is InChI=1S/C21H34BN3O9S2/c1-21(2,36-35-18-7-6-15(12-24-18)25(30)31)9-5-10-23-17(27)8-11-32-20(29)33-14-19(28)34-16(13-26)22(3)4/h6-7,12,16,19,26,28H,5,8-11,13-14H2,1-4H3,(H,23,27). The lowest BCUT2D eigenvalue weighted by atomic mass is 9.50. The zero-order valence-corrected chi connectivity index (χ0v) is 22.5. The number of aliphatic hydroxyl groups is 2. The second kappa shape index (κ2) is 16.6. The molecule has 0 aliphatic carbocycles. The summed E-state index contributed by atoms with van der Waals surface area (Å²) >= 11 is 0. The molecule has 0 bridgehead atoms. The monoisotopic (exact) mass is 547 g/mol. The third-order valence-electron chi connectivity index (χ3n) is 4.71. The minimum atomic E-state index is -1.40. The lowest BCUT2D eigenvalue weighted by Crippen LogP contribution is -2.37. The van der Waals surface area contributed by atoms with Gasteiger partial charge in [-0.25, -0.2) is 9.78 Å². The van der Waals surface area contributed by atoms with Crippen LogP contribution in [0.3, 0.4) is 0 Å². The van der Waals surface area contributed by atoms with Gasteiger partial charge in [-0.15, -0.1) is 0 Å². The van der Waals surface area contributed by atoms with Gasteiger partial charge < -0.3 is 29.7 Å². The Bertz CT molecular complexity index is 831. The molecule has 1 aromatic heterocycles. The van der Waals surface area contributed by atoms with Crippen LogP contribution in [-0.4, -0.2) is 82.3 Å². The van der Waals surface area contributed by atoms with Gasteiger partial charge in [0, 0.05) is 17.4 Å². The first kappa shape index (κ1) is 32.0. The molecule has 0 saturated heterocycles. The molecule has 2 unspecified atom stereocenters. The fraction of sp³-hybridized carbons (Fsp3) is 0.667. The van der Waals surface area contributed by atoms with Crippen LogP contribution in [0, 0.1) is 10.1 Å². The van der Waals surface area contributed by atoms with Crippen molar-refractivity contribution in [3.05, 3.63) is 28.4 Å². The summed E-state index contributed by atoms with van der Waals surface area (Å²) in [6.07, 6.45) is 0.299. The zero-order chi connectivity index (χ0) is 27.1. The highest BCUT2D eigenvalue weighted by Gasteiger charge is 2.21. The third-order valence-corrected chi connectivity index (χ3v) is 7.98. The van der Waals surface area contributed by atoms with Crippen LogP contribution in [0.5, 0.6) is 0 Å².